The van der Waals surface area contributed by atoms with Crippen molar-refractivity contribution in [2.45, 2.75) is 62.3 Å². The van der Waals surface area contributed by atoms with Gasteiger partial charge in [-0.25, -0.2) is 0 Å². The zero-order valence-corrected chi connectivity index (χ0v) is 21.0. The van der Waals surface area contributed by atoms with Crippen LogP contribution >= 0.6 is 0 Å². The van der Waals surface area contributed by atoms with Crippen molar-refractivity contribution in [3.05, 3.63) is 71.3 Å². The number of aliphatic hydroxyl groups is 1. The molecule has 7 nitrogen and oxygen atoms in total. The van der Waals surface area contributed by atoms with Crippen LogP contribution in [0.25, 0.3) is 0 Å². The predicted molar refractivity (Wildman–Crippen MR) is 127 cm³/mol. The fourth-order valence-corrected chi connectivity index (χ4v) is 4.72. The Kier molecular flexibility index (Phi) is 9.01. The summed E-state index contributed by atoms with van der Waals surface area (Å²) in [7, 11) is -7.79. The predicted octanol–water partition coefficient (Wildman–Crippen LogP) is 4.44. The van der Waals surface area contributed by atoms with Crippen LogP contribution in [0.4, 0.5) is 0 Å². The summed E-state index contributed by atoms with van der Waals surface area (Å²) < 4.78 is 59.0. The molecule has 0 bridgehead atoms. The number of allylic oxidation sites excluding steroid dienone is 1. The van der Waals surface area contributed by atoms with Gasteiger partial charge < -0.3 is 5.11 Å². The molecule has 0 heterocycles. The third-order valence-electron chi connectivity index (χ3n) is 5.78. The maximum atomic E-state index is 12.2. The molecule has 1 aliphatic rings. The molecule has 2 N–H and O–H groups in total. The first-order valence-corrected chi connectivity index (χ1v) is 13.5. The van der Waals surface area contributed by atoms with Gasteiger partial charge in [-0.2, -0.15) is 16.8 Å². The van der Waals surface area contributed by atoms with E-state index >= 15 is 0 Å². The van der Waals surface area contributed by atoms with E-state index in [1.807, 2.05) is 33.8 Å². The SMILES string of the molecule is CC1=CCC(O)(C(C)COS(=O)(=O)c2ccc(C)cc2)CC1.Cc1ccc(S(=O)(=O)O)cc1. The van der Waals surface area contributed by atoms with E-state index in [2.05, 4.69) is 0 Å². The van der Waals surface area contributed by atoms with Crippen molar-refractivity contribution in [3.63, 3.8) is 0 Å². The van der Waals surface area contributed by atoms with Crippen LogP contribution in [-0.2, 0) is 24.4 Å². The van der Waals surface area contributed by atoms with Crippen LogP contribution in [0.1, 0.15) is 44.2 Å². The molecule has 2 aromatic rings. The third kappa shape index (κ3) is 8.04. The van der Waals surface area contributed by atoms with E-state index in [1.54, 1.807) is 24.3 Å². The highest BCUT2D eigenvalue weighted by atomic mass is 32.2. The summed E-state index contributed by atoms with van der Waals surface area (Å²) in [5.74, 6) is -0.253. The van der Waals surface area contributed by atoms with Gasteiger partial charge in [-0.3, -0.25) is 8.74 Å². The van der Waals surface area contributed by atoms with Crippen molar-refractivity contribution in [2.24, 2.45) is 5.92 Å². The van der Waals surface area contributed by atoms with Gasteiger partial charge in [0.15, 0.2) is 0 Å². The lowest BCUT2D eigenvalue weighted by atomic mass is 9.78. The highest BCUT2D eigenvalue weighted by molar-refractivity contribution is 7.86. The molecule has 0 aliphatic heterocycles. The molecule has 2 atom stereocenters. The highest BCUT2D eigenvalue weighted by Gasteiger charge is 2.35. The summed E-state index contributed by atoms with van der Waals surface area (Å²) in [5, 5.41) is 10.6. The van der Waals surface area contributed by atoms with Crippen LogP contribution in [0, 0.1) is 19.8 Å². The zero-order chi connectivity index (χ0) is 24.9. The molecule has 0 amide bonds. The lowest BCUT2D eigenvalue weighted by Crippen LogP contribution is -2.40. The second-order valence-electron chi connectivity index (χ2n) is 8.60. The Morgan fingerprint density at radius 3 is 1.82 bits per heavy atom. The summed E-state index contributed by atoms with van der Waals surface area (Å²) in [6.07, 6.45) is 4.05. The molecule has 0 radical (unpaired) electrons. The highest BCUT2D eigenvalue weighted by Crippen LogP contribution is 2.34. The first kappa shape index (κ1) is 27.2. The summed E-state index contributed by atoms with van der Waals surface area (Å²) >= 11 is 0. The van der Waals surface area contributed by atoms with E-state index < -0.39 is 25.8 Å². The topological polar surface area (TPSA) is 118 Å². The molecule has 0 saturated carbocycles. The van der Waals surface area contributed by atoms with Crippen molar-refractivity contribution >= 4 is 20.2 Å². The molecule has 0 saturated heterocycles. The molecule has 3 rings (SSSR count). The molecule has 182 valence electrons. The largest absolute Gasteiger partial charge is 0.389 e. The van der Waals surface area contributed by atoms with Gasteiger partial charge in [0.1, 0.15) is 0 Å². The first-order chi connectivity index (χ1) is 15.2. The van der Waals surface area contributed by atoms with E-state index in [9.17, 15) is 21.9 Å². The molecule has 2 unspecified atom stereocenters. The fourth-order valence-electron chi connectivity index (χ4n) is 3.25. The van der Waals surface area contributed by atoms with E-state index in [4.69, 9.17) is 8.74 Å². The fraction of sp³-hybridized carbons (Fsp3) is 0.417. The summed E-state index contributed by atoms with van der Waals surface area (Å²) in [6.45, 7) is 7.60. The third-order valence-corrected chi connectivity index (χ3v) is 7.94. The van der Waals surface area contributed by atoms with Crippen LogP contribution in [0.2, 0.25) is 0 Å². The molecule has 1 aliphatic carbocycles. The first-order valence-electron chi connectivity index (χ1n) is 10.6. The van der Waals surface area contributed by atoms with Crippen molar-refractivity contribution < 1.29 is 30.7 Å². The second-order valence-corrected chi connectivity index (χ2v) is 11.6. The van der Waals surface area contributed by atoms with Gasteiger partial charge in [0.2, 0.25) is 0 Å². The van der Waals surface area contributed by atoms with E-state index in [1.165, 1.54) is 29.8 Å². The molecule has 9 heteroatoms. The molecular weight excluding hydrogens is 464 g/mol. The van der Waals surface area contributed by atoms with Crippen molar-refractivity contribution in [1.82, 2.24) is 0 Å². The Morgan fingerprint density at radius 1 is 0.909 bits per heavy atom. The van der Waals surface area contributed by atoms with Crippen LogP contribution < -0.4 is 0 Å². The van der Waals surface area contributed by atoms with Gasteiger partial charge in [-0.1, -0.05) is 54.0 Å². The summed E-state index contributed by atoms with van der Waals surface area (Å²) in [5.41, 5.74) is 2.33. The van der Waals surface area contributed by atoms with Crippen molar-refractivity contribution in [3.8, 4) is 0 Å². The smallest absolute Gasteiger partial charge is 0.296 e. The molecule has 0 aromatic heterocycles. The number of hydrogen-bond acceptors (Lipinski definition) is 6. The normalized spacial score (nSPS) is 19.8. The Hall–Kier alpha value is -2.04. The standard InChI is InChI=1S/C17H24O4S.C7H8O3S/c1-13-4-6-16(7-5-13)22(19,20)21-12-15(3)17(18)10-8-14(2)9-11-17;1-6-2-4-7(5-3-6)11(8,9)10/h4-8,15,18H,9-12H2,1-3H3;2-5H,1H3,(H,8,9,10). The number of aryl methyl sites for hydroxylation is 2. The van der Waals surface area contributed by atoms with Gasteiger partial charge >= 0.3 is 0 Å². The van der Waals surface area contributed by atoms with E-state index in [0.717, 1.165) is 17.5 Å². The summed E-state index contributed by atoms with van der Waals surface area (Å²) in [4.78, 5) is 0.0831. The molecule has 33 heavy (non-hydrogen) atoms. The quantitative estimate of drug-likeness (QED) is 0.345. The lowest BCUT2D eigenvalue weighted by molar-refractivity contribution is -0.0352. The zero-order valence-electron chi connectivity index (χ0n) is 19.4. The Bertz CT molecular complexity index is 1170. The van der Waals surface area contributed by atoms with Gasteiger partial charge in [0, 0.05) is 5.92 Å². The second kappa shape index (κ2) is 10.9. The van der Waals surface area contributed by atoms with Crippen LogP contribution in [-0.4, -0.2) is 38.7 Å². The minimum absolute atomic E-state index is 0.0143. The van der Waals surface area contributed by atoms with E-state index in [-0.39, 0.29) is 22.3 Å². The Morgan fingerprint density at radius 2 is 1.39 bits per heavy atom. The van der Waals surface area contributed by atoms with Crippen molar-refractivity contribution in [2.75, 3.05) is 6.61 Å². The van der Waals surface area contributed by atoms with Gasteiger partial charge in [0.05, 0.1) is 22.0 Å². The van der Waals surface area contributed by atoms with Gasteiger partial charge in [0.25, 0.3) is 20.2 Å². The van der Waals surface area contributed by atoms with Crippen molar-refractivity contribution in [1.29, 1.82) is 0 Å². The molecular formula is C24H32O7S2. The van der Waals surface area contributed by atoms with E-state index in [0.29, 0.717) is 12.8 Å². The van der Waals surface area contributed by atoms with Gasteiger partial charge in [-0.05, 0) is 64.3 Å². The average molecular weight is 497 g/mol. The summed E-state index contributed by atoms with van der Waals surface area (Å²) in [6, 6.07) is 12.5. The maximum absolute atomic E-state index is 12.2. The Labute approximate surface area is 197 Å². The minimum Gasteiger partial charge on any atom is -0.389 e. The van der Waals surface area contributed by atoms with Crippen LogP contribution in [0.5, 0.6) is 0 Å². The maximum Gasteiger partial charge on any atom is 0.296 e. The average Bonchev–Trinajstić information content (AvgIpc) is 2.75. The van der Waals surface area contributed by atoms with Gasteiger partial charge in [-0.15, -0.1) is 0 Å². The number of rotatable bonds is 6. The minimum atomic E-state index is -4.02. The lowest BCUT2D eigenvalue weighted by Gasteiger charge is -2.36. The van der Waals surface area contributed by atoms with Crippen LogP contribution in [0.3, 0.4) is 0 Å². The number of hydrogen-bond donors (Lipinski definition) is 2. The monoisotopic (exact) mass is 496 g/mol. The molecule has 2 aromatic carbocycles. The molecule has 0 spiro atoms. The van der Waals surface area contributed by atoms with Crippen LogP contribution in [0.15, 0.2) is 70.0 Å². The Balaban J connectivity index is 0.000000294. The number of benzene rings is 2. The molecule has 0 fully saturated rings.